The molecule has 2 bridgehead atoms. The maximum Gasteiger partial charge on any atom is 0.407 e. The number of benzene rings is 2. The van der Waals surface area contributed by atoms with E-state index < -0.39 is 0 Å². The van der Waals surface area contributed by atoms with Gasteiger partial charge in [0.25, 0.3) is 0 Å². The van der Waals surface area contributed by atoms with Crippen LogP contribution in [-0.4, -0.2) is 43.3 Å². The molecule has 0 aliphatic carbocycles. The second-order valence-electron chi connectivity index (χ2n) is 10.2. The lowest BCUT2D eigenvalue weighted by Gasteiger charge is -2.44. The first-order valence-electron chi connectivity index (χ1n) is 11.9. The van der Waals surface area contributed by atoms with Crippen molar-refractivity contribution in [1.29, 1.82) is 5.26 Å². The summed E-state index contributed by atoms with van der Waals surface area (Å²) >= 11 is 0. The normalized spacial score (nSPS) is 27.1. The molecule has 0 spiro atoms. The Morgan fingerprint density at radius 3 is 2.73 bits per heavy atom. The van der Waals surface area contributed by atoms with Gasteiger partial charge in [0.1, 0.15) is 11.9 Å². The third-order valence-electron chi connectivity index (χ3n) is 7.37. The van der Waals surface area contributed by atoms with Gasteiger partial charge < -0.3 is 14.8 Å². The fraction of sp³-hybridized carbons (Fsp3) is 0.481. The van der Waals surface area contributed by atoms with Crippen molar-refractivity contribution < 1.29 is 14.3 Å². The Morgan fingerprint density at radius 1 is 1.21 bits per heavy atom. The van der Waals surface area contributed by atoms with E-state index in [2.05, 4.69) is 36.2 Å². The van der Waals surface area contributed by atoms with Gasteiger partial charge in [-0.15, -0.1) is 0 Å². The van der Waals surface area contributed by atoms with E-state index in [4.69, 9.17) is 14.7 Å². The molecule has 33 heavy (non-hydrogen) atoms. The average molecular weight is 446 g/mol. The maximum atomic E-state index is 12.9. The van der Waals surface area contributed by atoms with Gasteiger partial charge in [0.2, 0.25) is 0 Å². The van der Waals surface area contributed by atoms with Crippen molar-refractivity contribution >= 4 is 6.09 Å². The summed E-state index contributed by atoms with van der Waals surface area (Å²) in [6, 6.07) is 16.2. The molecule has 1 amide bonds. The van der Waals surface area contributed by atoms with Crippen LogP contribution < -0.4 is 10.1 Å². The van der Waals surface area contributed by atoms with E-state index in [-0.39, 0.29) is 23.7 Å². The molecule has 1 unspecified atom stereocenters. The largest absolute Gasteiger partial charge is 0.493 e. The molecule has 0 saturated carbocycles. The van der Waals surface area contributed by atoms with Gasteiger partial charge in [-0.05, 0) is 54.6 Å². The Morgan fingerprint density at radius 2 is 2.00 bits per heavy atom. The number of fused-ring (bicyclic) bond motifs is 4. The molecule has 0 radical (unpaired) electrons. The number of carbonyl (C=O) groups is 1. The molecule has 172 valence electrons. The van der Waals surface area contributed by atoms with E-state index in [1.54, 1.807) is 0 Å². The van der Waals surface area contributed by atoms with E-state index in [9.17, 15) is 4.79 Å². The predicted molar refractivity (Wildman–Crippen MR) is 126 cm³/mol. The zero-order valence-corrected chi connectivity index (χ0v) is 19.3. The summed E-state index contributed by atoms with van der Waals surface area (Å²) in [4.78, 5) is 15.3. The smallest absolute Gasteiger partial charge is 0.407 e. The molecule has 2 atom stereocenters. The van der Waals surface area contributed by atoms with Gasteiger partial charge >= 0.3 is 6.09 Å². The number of hydrogen-bond acceptors (Lipinski definition) is 5. The number of nitrogens with zero attached hydrogens (tertiary/aromatic N) is 2. The van der Waals surface area contributed by atoms with Gasteiger partial charge in [0.15, 0.2) is 0 Å². The summed E-state index contributed by atoms with van der Waals surface area (Å²) in [5.41, 5.74) is 3.76. The summed E-state index contributed by atoms with van der Waals surface area (Å²) in [7, 11) is 0. The first-order valence-corrected chi connectivity index (χ1v) is 11.9. The number of nitrogens with one attached hydrogen (secondary N) is 1. The summed E-state index contributed by atoms with van der Waals surface area (Å²) < 4.78 is 12.0. The van der Waals surface area contributed by atoms with E-state index in [0.717, 1.165) is 60.5 Å². The van der Waals surface area contributed by atoms with Crippen LogP contribution in [0.3, 0.4) is 0 Å². The molecule has 0 aromatic heterocycles. The molecule has 6 nitrogen and oxygen atoms in total. The first kappa shape index (κ1) is 21.8. The van der Waals surface area contributed by atoms with Crippen LogP contribution in [-0.2, 0) is 11.2 Å². The van der Waals surface area contributed by atoms with E-state index in [1.165, 1.54) is 0 Å². The first-order chi connectivity index (χ1) is 15.9. The number of rotatable bonds is 4. The van der Waals surface area contributed by atoms with Gasteiger partial charge in [-0.1, -0.05) is 50.2 Å². The van der Waals surface area contributed by atoms with Crippen molar-refractivity contribution in [1.82, 2.24) is 10.2 Å². The zero-order chi connectivity index (χ0) is 23.0. The monoisotopic (exact) mass is 445 g/mol. The summed E-state index contributed by atoms with van der Waals surface area (Å²) in [5.74, 6) is 1.26. The molecule has 4 heterocycles. The van der Waals surface area contributed by atoms with Crippen LogP contribution in [0.15, 0.2) is 42.5 Å². The van der Waals surface area contributed by atoms with Crippen molar-refractivity contribution in [2.45, 2.75) is 45.3 Å². The number of hydrogen-bond donors (Lipinski definition) is 1. The van der Waals surface area contributed by atoms with E-state index >= 15 is 0 Å². The SMILES string of the molecule is CC1(C)COc2cc(-c3cccc(CC#N)c3)ccc2C1NC(=O)O[C@H]1CN2CCC1CC2. The summed E-state index contributed by atoms with van der Waals surface area (Å²) in [6.07, 6.45) is 2.26. The summed E-state index contributed by atoms with van der Waals surface area (Å²) in [5, 5.41) is 12.2. The highest BCUT2D eigenvalue weighted by atomic mass is 16.6. The average Bonchev–Trinajstić information content (AvgIpc) is 2.82. The minimum absolute atomic E-state index is 0.0158. The second-order valence-corrected chi connectivity index (χ2v) is 10.2. The third kappa shape index (κ3) is 4.43. The molecule has 2 aromatic rings. The summed E-state index contributed by atoms with van der Waals surface area (Å²) in [6.45, 7) is 7.80. The molecule has 6 heteroatoms. The lowest BCUT2D eigenvalue weighted by atomic mass is 9.78. The van der Waals surface area contributed by atoms with Crippen LogP contribution in [0.25, 0.3) is 11.1 Å². The molecule has 4 aliphatic heterocycles. The quantitative estimate of drug-likeness (QED) is 0.738. The molecule has 3 saturated heterocycles. The molecular formula is C27H31N3O3. The lowest BCUT2D eigenvalue weighted by Crippen LogP contribution is -2.53. The van der Waals surface area contributed by atoms with Gasteiger partial charge in [-0.2, -0.15) is 5.26 Å². The Hall–Kier alpha value is -3.04. The molecule has 4 aliphatic rings. The predicted octanol–water partition coefficient (Wildman–Crippen LogP) is 4.70. The standard InChI is InChI=1S/C27H31N3O3/c1-27(2)17-32-23-15-21(20-5-3-4-18(14-20)8-11-28)6-7-22(23)25(27)29-26(31)33-24-16-30-12-9-19(24)10-13-30/h3-7,14-15,19,24-25H,8-10,12-13,16-17H2,1-2H3,(H,29,31)/t24-,25?/m0/s1. The number of amides is 1. The topological polar surface area (TPSA) is 74.6 Å². The third-order valence-corrected chi connectivity index (χ3v) is 7.37. The number of piperidine rings is 3. The molecule has 6 rings (SSSR count). The van der Waals surface area contributed by atoms with Crippen LogP contribution in [0, 0.1) is 22.7 Å². The van der Waals surface area contributed by atoms with Crippen molar-refractivity contribution in [3.8, 4) is 22.9 Å². The van der Waals surface area contributed by atoms with Gasteiger partial charge in [-0.3, -0.25) is 4.90 Å². The number of nitriles is 1. The maximum absolute atomic E-state index is 12.9. The molecule has 1 N–H and O–H groups in total. The highest BCUT2D eigenvalue weighted by Crippen LogP contribution is 2.44. The highest BCUT2D eigenvalue weighted by molar-refractivity contribution is 5.70. The minimum Gasteiger partial charge on any atom is -0.493 e. The Balaban J connectivity index is 1.35. The van der Waals surface area contributed by atoms with Crippen LogP contribution in [0.2, 0.25) is 0 Å². The van der Waals surface area contributed by atoms with Crippen molar-refractivity contribution in [2.24, 2.45) is 11.3 Å². The number of alkyl carbamates (subject to hydrolysis) is 1. The Bertz CT molecular complexity index is 1080. The fourth-order valence-electron chi connectivity index (χ4n) is 5.40. The van der Waals surface area contributed by atoms with Crippen LogP contribution >= 0.6 is 0 Å². The van der Waals surface area contributed by atoms with Crippen LogP contribution in [0.4, 0.5) is 4.79 Å². The van der Waals surface area contributed by atoms with Crippen LogP contribution in [0.5, 0.6) is 5.75 Å². The van der Waals surface area contributed by atoms with Crippen molar-refractivity contribution in [3.63, 3.8) is 0 Å². The van der Waals surface area contributed by atoms with Gasteiger partial charge in [0, 0.05) is 17.5 Å². The van der Waals surface area contributed by atoms with Gasteiger partial charge in [-0.25, -0.2) is 4.79 Å². The fourth-order valence-corrected chi connectivity index (χ4v) is 5.40. The van der Waals surface area contributed by atoms with E-state index in [0.29, 0.717) is 18.9 Å². The van der Waals surface area contributed by atoms with Crippen LogP contribution in [0.1, 0.15) is 43.9 Å². The number of carbonyl (C=O) groups excluding carboxylic acids is 1. The Kier molecular flexibility index (Phi) is 5.76. The highest BCUT2D eigenvalue weighted by Gasteiger charge is 2.41. The lowest BCUT2D eigenvalue weighted by molar-refractivity contribution is -0.0361. The number of ether oxygens (including phenoxy) is 2. The van der Waals surface area contributed by atoms with E-state index in [1.807, 2.05) is 36.4 Å². The molecule has 3 fully saturated rings. The van der Waals surface area contributed by atoms with Gasteiger partial charge in [0.05, 0.1) is 25.1 Å². The second kappa shape index (κ2) is 8.72. The Labute approximate surface area is 195 Å². The van der Waals surface area contributed by atoms with Crippen molar-refractivity contribution in [2.75, 3.05) is 26.2 Å². The minimum atomic E-state index is -0.340. The van der Waals surface area contributed by atoms with Crippen molar-refractivity contribution in [3.05, 3.63) is 53.6 Å². The molecule has 2 aromatic carbocycles. The molecular weight excluding hydrogens is 414 g/mol. The zero-order valence-electron chi connectivity index (χ0n) is 19.3.